The van der Waals surface area contributed by atoms with Crippen LogP contribution in [-0.2, 0) is 17.1 Å². The topological polar surface area (TPSA) is 63.5 Å². The molecule has 1 aliphatic heterocycles. The highest BCUT2D eigenvalue weighted by Gasteiger charge is 2.40. The average molecular weight is 724 g/mol. The van der Waals surface area contributed by atoms with Crippen molar-refractivity contribution >= 4 is 12.0 Å². The molecule has 0 fully saturated rings. The van der Waals surface area contributed by atoms with E-state index < -0.39 is 5.72 Å². The Bertz CT molecular complexity index is 2570. The molecule has 9 rings (SSSR count). The lowest BCUT2D eigenvalue weighted by Gasteiger charge is -2.42. The number of aromatic nitrogens is 3. The fourth-order valence-electron chi connectivity index (χ4n) is 7.29. The summed E-state index contributed by atoms with van der Waals surface area (Å²) in [6, 6.07) is 63.8. The fraction of sp³-hybridized carbons (Fsp3) is 0.0400. The summed E-state index contributed by atoms with van der Waals surface area (Å²) in [5, 5.41) is 0. The summed E-state index contributed by atoms with van der Waals surface area (Å²) in [6.45, 7) is 0.378. The molecule has 0 spiro atoms. The van der Waals surface area contributed by atoms with E-state index in [0.29, 0.717) is 12.4 Å². The van der Waals surface area contributed by atoms with Crippen LogP contribution in [0.3, 0.4) is 0 Å². The van der Waals surface area contributed by atoms with Crippen LogP contribution in [-0.4, -0.2) is 21.3 Å². The van der Waals surface area contributed by atoms with Gasteiger partial charge in [-0.3, -0.25) is 9.88 Å². The molecule has 0 amide bonds. The predicted molar refractivity (Wildman–Crippen MR) is 226 cm³/mol. The molecule has 0 N–H and O–H groups in total. The van der Waals surface area contributed by atoms with Gasteiger partial charge in [-0.2, -0.15) is 0 Å². The molecule has 268 valence electrons. The molecule has 6 nitrogen and oxygen atoms in total. The van der Waals surface area contributed by atoms with Gasteiger partial charge in [0.25, 0.3) is 0 Å². The highest BCUT2D eigenvalue weighted by molar-refractivity contribution is 5.96. The monoisotopic (exact) mass is 723 g/mol. The van der Waals surface area contributed by atoms with Crippen LogP contribution in [0.1, 0.15) is 11.1 Å². The Morgan fingerprint density at radius 3 is 1.66 bits per heavy atom. The van der Waals surface area contributed by atoms with E-state index in [0.717, 1.165) is 67.3 Å². The maximum Gasteiger partial charge on any atom is 0.194 e. The molecule has 0 radical (unpaired) electrons. The van der Waals surface area contributed by atoms with Crippen molar-refractivity contribution in [1.82, 2.24) is 15.0 Å². The first kappa shape index (κ1) is 34.5. The summed E-state index contributed by atoms with van der Waals surface area (Å²) in [4.78, 5) is 22.7. The minimum atomic E-state index is -1.03. The Morgan fingerprint density at radius 2 is 1.04 bits per heavy atom. The van der Waals surface area contributed by atoms with Crippen LogP contribution in [0.2, 0.25) is 0 Å². The minimum Gasteiger partial charge on any atom is -0.343 e. The van der Waals surface area contributed by atoms with Crippen molar-refractivity contribution < 1.29 is 4.74 Å². The van der Waals surface area contributed by atoms with Crippen LogP contribution in [0.5, 0.6) is 0 Å². The summed E-state index contributed by atoms with van der Waals surface area (Å²) in [5.74, 6) is 0.594. The van der Waals surface area contributed by atoms with Gasteiger partial charge in [-0.25, -0.2) is 15.0 Å². The van der Waals surface area contributed by atoms with E-state index in [2.05, 4.69) is 125 Å². The zero-order valence-corrected chi connectivity index (χ0v) is 30.6. The maximum absolute atomic E-state index is 7.00. The Balaban J connectivity index is 1.24. The smallest absolute Gasteiger partial charge is 0.194 e. The van der Waals surface area contributed by atoms with Gasteiger partial charge in [0, 0.05) is 45.8 Å². The molecular formula is C50H37N5O. The number of pyridine rings is 1. The Labute approximate surface area is 326 Å². The molecule has 1 atom stereocenters. The minimum absolute atomic E-state index is 0.378. The second-order valence-electron chi connectivity index (χ2n) is 13.4. The first-order chi connectivity index (χ1) is 27.8. The third-order valence-corrected chi connectivity index (χ3v) is 9.95. The van der Waals surface area contributed by atoms with Gasteiger partial charge in [-0.05, 0) is 29.3 Å². The highest BCUT2D eigenvalue weighted by Crippen LogP contribution is 2.44. The molecule has 1 aliphatic rings. The van der Waals surface area contributed by atoms with Crippen LogP contribution in [0.15, 0.2) is 212 Å². The maximum atomic E-state index is 7.00. The first-order valence-electron chi connectivity index (χ1n) is 18.7. The number of rotatable bonds is 10. The molecule has 0 aliphatic carbocycles. The molecule has 6 aromatic carbocycles. The zero-order valence-electron chi connectivity index (χ0n) is 30.6. The molecule has 2 aromatic heterocycles. The van der Waals surface area contributed by atoms with Crippen molar-refractivity contribution in [2.24, 2.45) is 4.99 Å². The van der Waals surface area contributed by atoms with Crippen molar-refractivity contribution in [2.45, 2.75) is 12.3 Å². The van der Waals surface area contributed by atoms with E-state index in [4.69, 9.17) is 19.7 Å². The van der Waals surface area contributed by atoms with Crippen LogP contribution in [0.4, 0.5) is 5.69 Å². The van der Waals surface area contributed by atoms with Crippen molar-refractivity contribution in [3.63, 3.8) is 0 Å². The fourth-order valence-corrected chi connectivity index (χ4v) is 7.29. The number of aliphatic imine (C=N–C) groups is 1. The molecule has 6 heteroatoms. The summed E-state index contributed by atoms with van der Waals surface area (Å²) in [6.07, 6.45) is 7.47. The van der Waals surface area contributed by atoms with Gasteiger partial charge in [0.1, 0.15) is 0 Å². The predicted octanol–water partition coefficient (Wildman–Crippen LogP) is 11.6. The van der Waals surface area contributed by atoms with Gasteiger partial charge in [-0.15, -0.1) is 0 Å². The van der Waals surface area contributed by atoms with Crippen LogP contribution in [0, 0.1) is 0 Å². The van der Waals surface area contributed by atoms with Gasteiger partial charge in [-0.1, -0.05) is 176 Å². The first-order valence-corrected chi connectivity index (χ1v) is 18.7. The number of ether oxygens (including phenoxy) is 1. The molecule has 0 saturated heterocycles. The van der Waals surface area contributed by atoms with Gasteiger partial charge in [0.2, 0.25) is 0 Å². The van der Waals surface area contributed by atoms with E-state index in [1.807, 2.05) is 91.4 Å². The van der Waals surface area contributed by atoms with E-state index in [1.54, 1.807) is 6.20 Å². The van der Waals surface area contributed by atoms with Crippen molar-refractivity contribution in [3.8, 4) is 56.3 Å². The Hall–Kier alpha value is -7.28. The molecule has 0 bridgehead atoms. The van der Waals surface area contributed by atoms with Gasteiger partial charge < -0.3 is 4.74 Å². The molecule has 8 aromatic rings. The Morgan fingerprint density at radius 1 is 0.500 bits per heavy atom. The summed E-state index contributed by atoms with van der Waals surface area (Å²) < 4.78 is 7.00. The molecule has 1 unspecified atom stereocenters. The van der Waals surface area contributed by atoms with Crippen LogP contribution in [0.25, 0.3) is 56.3 Å². The quantitative estimate of drug-likeness (QED) is 0.141. The van der Waals surface area contributed by atoms with Crippen LogP contribution >= 0.6 is 0 Å². The van der Waals surface area contributed by atoms with Crippen LogP contribution < -0.4 is 4.90 Å². The zero-order chi connectivity index (χ0) is 37.6. The van der Waals surface area contributed by atoms with Gasteiger partial charge in [0.05, 0.1) is 35.7 Å². The number of benzene rings is 6. The van der Waals surface area contributed by atoms with Crippen molar-refractivity contribution in [2.75, 3.05) is 4.90 Å². The number of hydrogen-bond donors (Lipinski definition) is 0. The SMILES string of the molecule is C1=CC(OCc2ccccc2)(c2ccccc2)N(c2cccnc2-c2ccccc2-c2nc(-c3ccccc3)c(-c3ccccc3)c(-c3ccccc3)n2)C=N1. The molecule has 3 heterocycles. The lowest BCUT2D eigenvalue weighted by atomic mass is 9.93. The van der Waals surface area contributed by atoms with Crippen molar-refractivity contribution in [1.29, 1.82) is 0 Å². The van der Waals surface area contributed by atoms with Gasteiger partial charge >= 0.3 is 0 Å². The number of nitrogens with zero attached hydrogens (tertiary/aromatic N) is 5. The third-order valence-electron chi connectivity index (χ3n) is 9.95. The molecule has 56 heavy (non-hydrogen) atoms. The van der Waals surface area contributed by atoms with E-state index >= 15 is 0 Å². The molecular weight excluding hydrogens is 687 g/mol. The normalized spacial score (nSPS) is 14.8. The number of anilines is 1. The number of hydrogen-bond acceptors (Lipinski definition) is 6. The standard InChI is InChI=1S/C50H37N5O/c1-6-19-37(20-7-1)35-56-50(41-27-14-5-15-28-41)32-34-51-36-55(50)44-31-18-33-52-48(44)42-29-16-17-30-43(42)49-53-46(39-23-10-3-11-24-39)45(38-21-8-2-9-22-38)47(54-49)40-25-12-4-13-26-40/h1-34,36H,35H2. The molecule has 0 saturated carbocycles. The van der Waals surface area contributed by atoms with Crippen molar-refractivity contribution in [3.05, 3.63) is 218 Å². The largest absolute Gasteiger partial charge is 0.343 e. The van der Waals surface area contributed by atoms with Gasteiger partial charge in [0.15, 0.2) is 11.5 Å². The van der Waals surface area contributed by atoms with E-state index in [1.165, 1.54) is 0 Å². The lowest BCUT2D eigenvalue weighted by Crippen LogP contribution is -2.48. The second-order valence-corrected chi connectivity index (χ2v) is 13.4. The Kier molecular flexibility index (Phi) is 9.60. The second kappa shape index (κ2) is 15.6. The highest BCUT2D eigenvalue weighted by atomic mass is 16.5. The summed E-state index contributed by atoms with van der Waals surface area (Å²) in [5.41, 5.74) is 10.0. The summed E-state index contributed by atoms with van der Waals surface area (Å²) >= 11 is 0. The lowest BCUT2D eigenvalue weighted by molar-refractivity contribution is -0.0178. The summed E-state index contributed by atoms with van der Waals surface area (Å²) in [7, 11) is 0. The van der Waals surface area contributed by atoms with E-state index in [-0.39, 0.29) is 0 Å². The van der Waals surface area contributed by atoms with E-state index in [9.17, 15) is 0 Å². The third kappa shape index (κ3) is 6.70. The average Bonchev–Trinajstić information content (AvgIpc) is 3.29.